The van der Waals surface area contributed by atoms with Crippen LogP contribution in [0.25, 0.3) is 0 Å². The molecule has 1 aromatic carbocycles. The van der Waals surface area contributed by atoms with Gasteiger partial charge in [-0.25, -0.2) is 4.79 Å². The lowest BCUT2D eigenvalue weighted by molar-refractivity contribution is 0.131. The van der Waals surface area contributed by atoms with E-state index in [0.29, 0.717) is 17.3 Å². The maximum Gasteiger partial charge on any atom is 0.411 e. The Bertz CT molecular complexity index is 439. The Morgan fingerprint density at radius 2 is 2.10 bits per heavy atom. The average molecular weight is 297 g/mol. The average Bonchev–Trinajstić information content (AvgIpc) is 2.44. The van der Waals surface area contributed by atoms with Gasteiger partial charge in [-0.05, 0) is 44.5 Å². The molecule has 0 bridgehead atoms. The summed E-state index contributed by atoms with van der Waals surface area (Å²) in [7, 11) is 0. The van der Waals surface area contributed by atoms with E-state index in [4.69, 9.17) is 16.3 Å². The molecule has 1 amide bonds. The van der Waals surface area contributed by atoms with E-state index in [0.717, 1.165) is 25.2 Å². The van der Waals surface area contributed by atoms with Crippen molar-refractivity contribution in [1.29, 1.82) is 0 Å². The molecule has 1 fully saturated rings. The third kappa shape index (κ3) is 4.39. The molecule has 4 nitrogen and oxygen atoms in total. The third-order valence-electron chi connectivity index (χ3n) is 3.54. The highest BCUT2D eigenvalue weighted by Gasteiger charge is 2.12. The lowest BCUT2D eigenvalue weighted by Gasteiger charge is -2.25. The molecule has 2 rings (SSSR count). The van der Waals surface area contributed by atoms with Crippen molar-refractivity contribution in [2.75, 3.05) is 31.6 Å². The van der Waals surface area contributed by atoms with E-state index in [-0.39, 0.29) is 0 Å². The molecule has 110 valence electrons. The van der Waals surface area contributed by atoms with Crippen LogP contribution in [0.5, 0.6) is 0 Å². The number of benzene rings is 1. The molecule has 1 aliphatic rings. The zero-order chi connectivity index (χ0) is 14.4. The van der Waals surface area contributed by atoms with E-state index in [9.17, 15) is 4.79 Å². The third-order valence-corrected chi connectivity index (χ3v) is 3.85. The predicted octanol–water partition coefficient (Wildman–Crippen LogP) is 3.68. The number of likely N-dealkylation sites (tertiary alicyclic amines) is 1. The predicted molar refractivity (Wildman–Crippen MR) is 81.5 cm³/mol. The SMILES string of the molecule is Cc1cccc(Cl)c1NC(=O)OCCN1CCCCC1. The highest BCUT2D eigenvalue weighted by atomic mass is 35.5. The van der Waals surface area contributed by atoms with E-state index >= 15 is 0 Å². The normalized spacial score (nSPS) is 15.9. The van der Waals surface area contributed by atoms with Crippen molar-refractivity contribution in [3.8, 4) is 0 Å². The summed E-state index contributed by atoms with van der Waals surface area (Å²) in [5, 5.41) is 3.23. The minimum atomic E-state index is -0.446. The number of aryl methyl sites for hydroxylation is 1. The van der Waals surface area contributed by atoms with Crippen molar-refractivity contribution in [2.24, 2.45) is 0 Å². The van der Waals surface area contributed by atoms with Crippen molar-refractivity contribution in [1.82, 2.24) is 4.90 Å². The number of ether oxygens (including phenoxy) is 1. The Balaban J connectivity index is 1.75. The van der Waals surface area contributed by atoms with Crippen LogP contribution in [0.4, 0.5) is 10.5 Å². The first kappa shape index (κ1) is 15.1. The van der Waals surface area contributed by atoms with Gasteiger partial charge in [-0.15, -0.1) is 0 Å². The summed E-state index contributed by atoms with van der Waals surface area (Å²) < 4.78 is 5.21. The van der Waals surface area contributed by atoms with Crippen molar-refractivity contribution in [3.05, 3.63) is 28.8 Å². The van der Waals surface area contributed by atoms with E-state index < -0.39 is 6.09 Å². The van der Waals surface area contributed by atoms with Crippen LogP contribution in [-0.2, 0) is 4.74 Å². The molecule has 1 heterocycles. The molecule has 0 unspecified atom stereocenters. The fourth-order valence-electron chi connectivity index (χ4n) is 2.38. The van der Waals surface area contributed by atoms with Gasteiger partial charge in [0.25, 0.3) is 0 Å². The molecule has 1 saturated heterocycles. The number of nitrogens with one attached hydrogen (secondary N) is 1. The van der Waals surface area contributed by atoms with E-state index in [1.807, 2.05) is 19.1 Å². The summed E-state index contributed by atoms with van der Waals surface area (Å²) in [6.45, 7) is 5.32. The molecule has 0 atom stereocenters. The topological polar surface area (TPSA) is 41.6 Å². The molecule has 0 saturated carbocycles. The standard InChI is InChI=1S/C15H21ClN2O2/c1-12-6-5-7-13(16)14(12)17-15(19)20-11-10-18-8-3-2-4-9-18/h5-7H,2-4,8-11H2,1H3,(H,17,19). The summed E-state index contributed by atoms with van der Waals surface area (Å²) in [4.78, 5) is 14.1. The molecular weight excluding hydrogens is 276 g/mol. The highest BCUT2D eigenvalue weighted by Crippen LogP contribution is 2.25. The molecule has 0 spiro atoms. The van der Waals surface area contributed by atoms with Crippen molar-refractivity contribution >= 4 is 23.4 Å². The van der Waals surface area contributed by atoms with E-state index in [1.54, 1.807) is 6.07 Å². The first-order valence-corrected chi connectivity index (χ1v) is 7.46. The van der Waals surface area contributed by atoms with Crippen LogP contribution < -0.4 is 5.32 Å². The van der Waals surface area contributed by atoms with Gasteiger partial charge in [0.05, 0.1) is 10.7 Å². The van der Waals surface area contributed by atoms with Crippen molar-refractivity contribution in [3.63, 3.8) is 0 Å². The van der Waals surface area contributed by atoms with Gasteiger partial charge in [0.2, 0.25) is 0 Å². The smallest absolute Gasteiger partial charge is 0.411 e. The molecule has 0 aromatic heterocycles. The number of halogens is 1. The number of amides is 1. The Hall–Kier alpha value is -1.26. The molecule has 1 aromatic rings. The number of hydrogen-bond donors (Lipinski definition) is 1. The molecule has 1 N–H and O–H groups in total. The van der Waals surface area contributed by atoms with Gasteiger partial charge in [-0.1, -0.05) is 30.2 Å². The number of piperidine rings is 1. The first-order chi connectivity index (χ1) is 9.66. The number of nitrogens with zero attached hydrogens (tertiary/aromatic N) is 1. The maximum absolute atomic E-state index is 11.7. The number of carbonyl (C=O) groups is 1. The summed E-state index contributed by atoms with van der Waals surface area (Å²) >= 11 is 6.05. The van der Waals surface area contributed by atoms with Gasteiger partial charge in [0.15, 0.2) is 0 Å². The van der Waals surface area contributed by atoms with Crippen LogP contribution in [-0.4, -0.2) is 37.2 Å². The Morgan fingerprint density at radius 3 is 2.80 bits per heavy atom. The number of para-hydroxylation sites is 1. The number of anilines is 1. The zero-order valence-corrected chi connectivity index (χ0v) is 12.6. The summed E-state index contributed by atoms with van der Waals surface area (Å²) in [5.74, 6) is 0. The molecule has 0 radical (unpaired) electrons. The number of carbonyl (C=O) groups excluding carboxylic acids is 1. The minimum Gasteiger partial charge on any atom is -0.448 e. The Labute approximate surface area is 125 Å². The monoisotopic (exact) mass is 296 g/mol. The van der Waals surface area contributed by atoms with Gasteiger partial charge in [-0.2, -0.15) is 0 Å². The Morgan fingerprint density at radius 1 is 1.35 bits per heavy atom. The van der Waals surface area contributed by atoms with Crippen LogP contribution in [0.2, 0.25) is 5.02 Å². The second-order valence-electron chi connectivity index (χ2n) is 5.09. The maximum atomic E-state index is 11.7. The fourth-order valence-corrected chi connectivity index (χ4v) is 2.65. The second kappa shape index (κ2) is 7.50. The van der Waals surface area contributed by atoms with Crippen molar-refractivity contribution in [2.45, 2.75) is 26.2 Å². The van der Waals surface area contributed by atoms with E-state index in [1.165, 1.54) is 19.3 Å². The number of hydrogen-bond acceptors (Lipinski definition) is 3. The van der Waals surface area contributed by atoms with Crippen LogP contribution in [0.3, 0.4) is 0 Å². The minimum absolute atomic E-state index is 0.412. The number of rotatable bonds is 4. The van der Waals surface area contributed by atoms with E-state index in [2.05, 4.69) is 10.2 Å². The van der Waals surface area contributed by atoms with Gasteiger partial charge in [0, 0.05) is 6.54 Å². The van der Waals surface area contributed by atoms with Gasteiger partial charge in [0.1, 0.15) is 6.61 Å². The van der Waals surface area contributed by atoms with Gasteiger partial charge < -0.3 is 4.74 Å². The summed E-state index contributed by atoms with van der Waals surface area (Å²) in [6.07, 6.45) is 3.35. The lowest BCUT2D eigenvalue weighted by atomic mass is 10.1. The van der Waals surface area contributed by atoms with Gasteiger partial charge in [-0.3, -0.25) is 10.2 Å². The lowest BCUT2D eigenvalue weighted by Crippen LogP contribution is -2.33. The zero-order valence-electron chi connectivity index (χ0n) is 11.8. The quantitative estimate of drug-likeness (QED) is 0.921. The highest BCUT2D eigenvalue weighted by molar-refractivity contribution is 6.33. The molecule has 0 aliphatic carbocycles. The van der Waals surface area contributed by atoms with Crippen LogP contribution in [0.1, 0.15) is 24.8 Å². The molecule has 1 aliphatic heterocycles. The second-order valence-corrected chi connectivity index (χ2v) is 5.50. The molecule has 20 heavy (non-hydrogen) atoms. The fraction of sp³-hybridized carbons (Fsp3) is 0.533. The largest absolute Gasteiger partial charge is 0.448 e. The summed E-state index contributed by atoms with van der Waals surface area (Å²) in [5.41, 5.74) is 1.54. The van der Waals surface area contributed by atoms with Gasteiger partial charge >= 0.3 is 6.09 Å². The van der Waals surface area contributed by atoms with Crippen LogP contribution in [0, 0.1) is 6.92 Å². The molecule has 5 heteroatoms. The van der Waals surface area contributed by atoms with Crippen LogP contribution >= 0.6 is 11.6 Å². The summed E-state index contributed by atoms with van der Waals surface area (Å²) in [6, 6.07) is 5.50. The Kier molecular flexibility index (Phi) is 5.68. The first-order valence-electron chi connectivity index (χ1n) is 7.08. The van der Waals surface area contributed by atoms with Crippen molar-refractivity contribution < 1.29 is 9.53 Å². The van der Waals surface area contributed by atoms with Crippen LogP contribution in [0.15, 0.2) is 18.2 Å². The molecular formula is C15H21ClN2O2.